The Kier molecular flexibility index (Phi) is 4.92. The number of benzene rings is 3. The van der Waals surface area contributed by atoms with Gasteiger partial charge in [0.2, 0.25) is 5.82 Å². The summed E-state index contributed by atoms with van der Waals surface area (Å²) in [5, 5.41) is 0. The zero-order valence-corrected chi connectivity index (χ0v) is 15.1. The van der Waals surface area contributed by atoms with E-state index in [1.165, 1.54) is 31.4 Å². The standard InChI is InChI=1S/C23H17F3O2/c1-27-20-11-9-16(22(25)23(20)26)7-4-14-2-5-15(6-3-14)18-10-8-17(12-19(18)24)21-13-28-21/h2-12,21H,13H2,1H3/b7-4+. The SMILES string of the molecule is COc1ccc(/C=C/c2ccc(-c3ccc(C4CO4)cc3F)cc2)c(F)c1F. The third-order valence-electron chi connectivity index (χ3n) is 4.67. The summed E-state index contributed by atoms with van der Waals surface area (Å²) in [5.74, 6) is -2.42. The van der Waals surface area contributed by atoms with E-state index in [9.17, 15) is 13.2 Å². The summed E-state index contributed by atoms with van der Waals surface area (Å²) >= 11 is 0. The number of ether oxygens (including phenoxy) is 2. The molecular weight excluding hydrogens is 365 g/mol. The number of halogens is 3. The van der Waals surface area contributed by atoms with Crippen LogP contribution in [0.4, 0.5) is 13.2 Å². The Bertz CT molecular complexity index is 1040. The Morgan fingerprint density at radius 2 is 1.68 bits per heavy atom. The third kappa shape index (κ3) is 3.66. The topological polar surface area (TPSA) is 21.8 Å². The first-order chi connectivity index (χ1) is 13.6. The number of hydrogen-bond acceptors (Lipinski definition) is 2. The van der Waals surface area contributed by atoms with Crippen LogP contribution in [0.1, 0.15) is 22.8 Å². The molecule has 1 heterocycles. The molecule has 1 saturated heterocycles. The molecule has 0 spiro atoms. The molecule has 5 heteroatoms. The molecule has 1 unspecified atom stereocenters. The summed E-state index contributed by atoms with van der Waals surface area (Å²) in [4.78, 5) is 0. The van der Waals surface area contributed by atoms with Gasteiger partial charge in [-0.2, -0.15) is 4.39 Å². The average molecular weight is 382 g/mol. The van der Waals surface area contributed by atoms with E-state index in [1.807, 2.05) is 6.07 Å². The number of hydrogen-bond donors (Lipinski definition) is 0. The number of rotatable bonds is 5. The highest BCUT2D eigenvalue weighted by molar-refractivity contribution is 5.73. The van der Waals surface area contributed by atoms with Crippen molar-refractivity contribution in [1.82, 2.24) is 0 Å². The zero-order valence-electron chi connectivity index (χ0n) is 15.1. The average Bonchev–Trinajstić information content (AvgIpc) is 3.55. The van der Waals surface area contributed by atoms with Crippen LogP contribution in [0.15, 0.2) is 54.6 Å². The minimum atomic E-state index is -1.02. The Morgan fingerprint density at radius 1 is 0.929 bits per heavy atom. The van der Waals surface area contributed by atoms with E-state index in [-0.39, 0.29) is 23.2 Å². The maximum atomic E-state index is 14.4. The molecule has 4 rings (SSSR count). The van der Waals surface area contributed by atoms with Crippen molar-refractivity contribution >= 4 is 12.2 Å². The maximum Gasteiger partial charge on any atom is 0.201 e. The van der Waals surface area contributed by atoms with Gasteiger partial charge < -0.3 is 9.47 Å². The first kappa shape index (κ1) is 18.3. The fourth-order valence-electron chi connectivity index (χ4n) is 3.00. The molecule has 0 saturated carbocycles. The van der Waals surface area contributed by atoms with Crippen molar-refractivity contribution in [3.63, 3.8) is 0 Å². The summed E-state index contributed by atoms with van der Waals surface area (Å²) in [6.07, 6.45) is 3.16. The highest BCUT2D eigenvalue weighted by Gasteiger charge is 2.25. The first-order valence-electron chi connectivity index (χ1n) is 8.78. The number of methoxy groups -OCH3 is 1. The predicted octanol–water partition coefficient (Wildman–Crippen LogP) is 6.02. The summed E-state index contributed by atoms with van der Waals surface area (Å²) < 4.78 is 52.1. The summed E-state index contributed by atoms with van der Waals surface area (Å²) in [5.41, 5.74) is 2.98. The molecule has 0 aromatic heterocycles. The first-order valence-corrected chi connectivity index (χ1v) is 8.78. The molecule has 0 radical (unpaired) electrons. The van der Waals surface area contributed by atoms with Crippen molar-refractivity contribution < 1.29 is 22.6 Å². The molecule has 1 atom stereocenters. The lowest BCUT2D eigenvalue weighted by Crippen LogP contribution is -1.94. The lowest BCUT2D eigenvalue weighted by atomic mass is 10.0. The van der Waals surface area contributed by atoms with Crippen molar-refractivity contribution in [2.24, 2.45) is 0 Å². The van der Waals surface area contributed by atoms with Gasteiger partial charge in [0.1, 0.15) is 11.9 Å². The van der Waals surface area contributed by atoms with E-state index in [4.69, 9.17) is 9.47 Å². The van der Waals surface area contributed by atoms with Crippen LogP contribution in [0.25, 0.3) is 23.3 Å². The van der Waals surface area contributed by atoms with Crippen molar-refractivity contribution in [2.75, 3.05) is 13.7 Å². The van der Waals surface area contributed by atoms with E-state index in [0.29, 0.717) is 12.2 Å². The second kappa shape index (κ2) is 7.52. The van der Waals surface area contributed by atoms with Gasteiger partial charge in [-0.25, -0.2) is 8.78 Å². The largest absolute Gasteiger partial charge is 0.494 e. The van der Waals surface area contributed by atoms with Crippen LogP contribution in [0.3, 0.4) is 0 Å². The zero-order chi connectivity index (χ0) is 19.7. The monoisotopic (exact) mass is 382 g/mol. The smallest absolute Gasteiger partial charge is 0.201 e. The molecule has 142 valence electrons. The van der Waals surface area contributed by atoms with Gasteiger partial charge in [-0.3, -0.25) is 0 Å². The van der Waals surface area contributed by atoms with Crippen LogP contribution < -0.4 is 4.74 Å². The van der Waals surface area contributed by atoms with Crippen LogP contribution in [-0.4, -0.2) is 13.7 Å². The van der Waals surface area contributed by atoms with Crippen molar-refractivity contribution in [1.29, 1.82) is 0 Å². The molecule has 0 bridgehead atoms. The van der Waals surface area contributed by atoms with Crippen LogP contribution >= 0.6 is 0 Å². The molecular formula is C23H17F3O2. The third-order valence-corrected chi connectivity index (χ3v) is 4.67. The minimum Gasteiger partial charge on any atom is -0.494 e. The highest BCUT2D eigenvalue weighted by Crippen LogP contribution is 2.33. The van der Waals surface area contributed by atoms with Crippen molar-refractivity contribution in [2.45, 2.75) is 6.10 Å². The molecule has 28 heavy (non-hydrogen) atoms. The van der Waals surface area contributed by atoms with Crippen LogP contribution in [0.5, 0.6) is 5.75 Å². The Labute approximate surface area is 160 Å². The molecule has 1 aliphatic heterocycles. The predicted molar refractivity (Wildman–Crippen MR) is 102 cm³/mol. The molecule has 0 aliphatic carbocycles. The lowest BCUT2D eigenvalue weighted by molar-refractivity contribution is 0.371. The summed E-state index contributed by atoms with van der Waals surface area (Å²) in [6.45, 7) is 0.637. The van der Waals surface area contributed by atoms with Gasteiger partial charge in [-0.1, -0.05) is 48.6 Å². The second-order valence-corrected chi connectivity index (χ2v) is 6.50. The molecule has 2 nitrogen and oxygen atoms in total. The van der Waals surface area contributed by atoms with Gasteiger partial charge in [0.05, 0.1) is 13.7 Å². The van der Waals surface area contributed by atoms with E-state index >= 15 is 0 Å². The lowest BCUT2D eigenvalue weighted by Gasteiger charge is -2.06. The van der Waals surface area contributed by atoms with E-state index in [1.54, 1.807) is 36.4 Å². The summed E-state index contributed by atoms with van der Waals surface area (Å²) in [6, 6.07) is 15.1. The van der Waals surface area contributed by atoms with Gasteiger partial charge in [-0.15, -0.1) is 0 Å². The van der Waals surface area contributed by atoms with Crippen LogP contribution in [0, 0.1) is 17.5 Å². The van der Waals surface area contributed by atoms with Crippen molar-refractivity contribution in [3.05, 3.63) is 88.7 Å². The molecule has 1 fully saturated rings. The molecule has 3 aromatic rings. The summed E-state index contributed by atoms with van der Waals surface area (Å²) in [7, 11) is 1.28. The Morgan fingerprint density at radius 3 is 2.32 bits per heavy atom. The fraction of sp³-hybridized carbons (Fsp3) is 0.130. The second-order valence-electron chi connectivity index (χ2n) is 6.50. The Hall–Kier alpha value is -3.05. The minimum absolute atomic E-state index is 0.0132. The molecule has 0 N–H and O–H groups in total. The van der Waals surface area contributed by atoms with Gasteiger partial charge in [0.25, 0.3) is 0 Å². The fourth-order valence-corrected chi connectivity index (χ4v) is 3.00. The highest BCUT2D eigenvalue weighted by atomic mass is 19.2. The molecule has 0 amide bonds. The van der Waals surface area contributed by atoms with Gasteiger partial charge in [-0.05, 0) is 34.9 Å². The molecule has 3 aromatic carbocycles. The quantitative estimate of drug-likeness (QED) is 0.397. The van der Waals surface area contributed by atoms with Gasteiger partial charge in [0.15, 0.2) is 11.6 Å². The van der Waals surface area contributed by atoms with Crippen molar-refractivity contribution in [3.8, 4) is 16.9 Å². The number of epoxide rings is 1. The normalized spacial score (nSPS) is 15.8. The van der Waals surface area contributed by atoms with Crippen LogP contribution in [-0.2, 0) is 4.74 Å². The van der Waals surface area contributed by atoms with Gasteiger partial charge >= 0.3 is 0 Å². The van der Waals surface area contributed by atoms with E-state index < -0.39 is 11.6 Å². The van der Waals surface area contributed by atoms with Gasteiger partial charge in [0, 0.05) is 11.1 Å². The Balaban J connectivity index is 1.54. The van der Waals surface area contributed by atoms with E-state index in [2.05, 4.69) is 0 Å². The van der Waals surface area contributed by atoms with Crippen LogP contribution in [0.2, 0.25) is 0 Å². The molecule has 1 aliphatic rings. The maximum absolute atomic E-state index is 14.4. The van der Waals surface area contributed by atoms with E-state index in [0.717, 1.165) is 16.7 Å².